The topological polar surface area (TPSA) is 566 Å². The number of unbranched alkanes of at least 4 members (excludes halogenated alkanes) is 4. The number of hydrogen-bond acceptors (Lipinski definition) is 22. The number of imidazole rings is 1. The first-order chi connectivity index (χ1) is 45.5. The smallest absolute Gasteiger partial charge is 0.268 e. The van der Waals surface area contributed by atoms with E-state index in [0.717, 1.165) is 58.0 Å². The quantitative estimate of drug-likeness (QED) is 0.0314. The number of nitrogens with one attached hydrogen (secondary N) is 11. The summed E-state index contributed by atoms with van der Waals surface area (Å²) in [5, 5.41) is 99.6. The number of amides is 12. The Balaban J connectivity index is 1.64. The predicted molar refractivity (Wildman–Crippen MR) is 335 cm³/mol. The van der Waals surface area contributed by atoms with E-state index in [2.05, 4.69) is 70.1 Å². The van der Waals surface area contributed by atoms with Crippen molar-refractivity contribution in [1.29, 1.82) is 0 Å². The Kier molecular flexibility index (Phi) is 29.7. The summed E-state index contributed by atoms with van der Waals surface area (Å²) >= 11 is 0. The maximum absolute atomic E-state index is 15.0. The highest BCUT2D eigenvalue weighted by atomic mass is 16.7. The molecule has 1 aromatic carbocycles. The molecule has 35 heteroatoms. The Hall–Kier alpha value is -9.49. The van der Waals surface area contributed by atoms with Crippen LogP contribution in [-0.2, 0) is 79.8 Å². The number of phenols is 1. The molecule has 12 amide bonds. The van der Waals surface area contributed by atoms with Gasteiger partial charge in [0, 0.05) is 30.5 Å². The Morgan fingerprint density at radius 3 is 2.19 bits per heavy atom. The van der Waals surface area contributed by atoms with Crippen LogP contribution in [0.5, 0.6) is 5.75 Å². The Bertz CT molecular complexity index is 3280. The van der Waals surface area contributed by atoms with E-state index < -0.39 is 225 Å². The maximum Gasteiger partial charge on any atom is 0.268 e. The molecule has 35 nitrogen and oxygen atoms in total. The number of ether oxygens (including phenoxy) is 2. The molecule has 1 aromatic heterocycles. The molecule has 2 aromatic rings. The van der Waals surface area contributed by atoms with Crippen LogP contribution in [0.1, 0.15) is 97.2 Å². The number of fused-ring (bicyclic) bond motifs is 2. The summed E-state index contributed by atoms with van der Waals surface area (Å²) in [4.78, 5) is 175. The summed E-state index contributed by atoms with van der Waals surface area (Å²) in [6, 6.07) is -9.64. The van der Waals surface area contributed by atoms with Gasteiger partial charge in [0.2, 0.25) is 53.2 Å². The molecule has 0 saturated carbocycles. The van der Waals surface area contributed by atoms with Gasteiger partial charge in [-0.1, -0.05) is 68.7 Å². The highest BCUT2D eigenvalue weighted by molar-refractivity contribution is 6.04. The zero-order valence-electron chi connectivity index (χ0n) is 53.4. The van der Waals surface area contributed by atoms with Crippen LogP contribution >= 0.6 is 0 Å². The van der Waals surface area contributed by atoms with Crippen molar-refractivity contribution in [3.05, 3.63) is 83.6 Å². The second-order valence-corrected chi connectivity index (χ2v) is 23.0. The molecule has 15 atom stereocenters. The van der Waals surface area contributed by atoms with Crippen molar-refractivity contribution in [3.63, 3.8) is 0 Å². The minimum atomic E-state index is -2.25. The number of H-pyrrole nitrogens is 1. The first-order valence-corrected chi connectivity index (χ1v) is 30.9. The van der Waals surface area contributed by atoms with E-state index in [-0.39, 0.29) is 22.5 Å². The number of aliphatic hydroxyl groups is 6. The van der Waals surface area contributed by atoms with E-state index in [1.165, 1.54) is 44.2 Å². The molecular weight excluding hydrogens is 1260 g/mol. The maximum atomic E-state index is 15.0. The van der Waals surface area contributed by atoms with Crippen LogP contribution in [0.15, 0.2) is 72.4 Å². The first kappa shape index (κ1) is 77.2. The van der Waals surface area contributed by atoms with E-state index in [1.54, 1.807) is 6.08 Å². The second kappa shape index (κ2) is 37.0. The monoisotopic (exact) mass is 1350 g/mol. The lowest BCUT2D eigenvalue weighted by atomic mass is 9.97. The van der Waals surface area contributed by atoms with Crippen molar-refractivity contribution >= 4 is 70.9 Å². The molecule has 5 rings (SSSR count). The first-order valence-electron chi connectivity index (χ1n) is 30.9. The molecule has 3 aliphatic heterocycles. The summed E-state index contributed by atoms with van der Waals surface area (Å²) in [6.07, 6.45) is -4.22. The molecule has 96 heavy (non-hydrogen) atoms. The molecular formula is C61H86N14O21. The number of hydrogen-bond donors (Lipinski definition) is 20. The van der Waals surface area contributed by atoms with Crippen LogP contribution in [0, 0.1) is 0 Å². The Labute approximate surface area is 550 Å². The zero-order valence-corrected chi connectivity index (χ0v) is 53.4. The van der Waals surface area contributed by atoms with Crippen molar-refractivity contribution in [2.75, 3.05) is 13.2 Å². The molecule has 4 bridgehead atoms. The SMILES string of the molecule is C/C=C1/NC(=O)[C@@H]2Cc3ccc(O)c(c3)-c3nc[nH]c3C[C@H](NC(=O)[C@@H](CCC(N)=O)NC(=O)CNC(=O)[C@@H]([C@@H](O)CC(N)=O)NC1=O)C(=O)N[C@@H](C)[C@H](NC(=O)/C(=C\C)NC(=O)[C@@H](O)[C@@H](/C=C/C=C/CCCCCC)O[C@H]1OC[C@@H](O)[C@H](O)[C@@H]1O)C(=O)N[C@H]([C@@H](C)O)C(=O)N2. The molecule has 0 aliphatic carbocycles. The van der Waals surface area contributed by atoms with Crippen LogP contribution < -0.4 is 64.6 Å². The number of aromatic amines is 1. The van der Waals surface area contributed by atoms with Gasteiger partial charge in [0.05, 0.1) is 49.8 Å². The molecule has 0 unspecified atom stereocenters. The Morgan fingerprint density at radius 1 is 0.812 bits per heavy atom. The van der Waals surface area contributed by atoms with Crippen molar-refractivity contribution in [1.82, 2.24) is 63.1 Å². The number of allylic oxidation sites excluding steroid dienone is 5. The standard InChI is InChI=1S/C61H86N14O21/c1-6-9-10-11-12-13-14-15-16-41(96-61-51(85)49(83)40(79)26-95-61)50(84)60(94)70-33(8-3)52(86)73-45-28(4)67-55(89)37-23-35-47(66-27-65-35)31-21-30(17-19-38(31)77)22-36(72-59(93)46(29(5)76)74-58(45)92)56(90)69-32(7-2)53(87)75-48(39(78)24-43(63)81)57(91)64-25-44(82)68-34(54(88)71-37)18-20-42(62)80/h7-8,13-17,19,21,27-29,34,36-37,39-41,45-46,48-51,61,76-79,83-85H,6,9-12,18,20,22-26H2,1-5H3,(H2,62,80)(H2,63,81)(H,64,91)(H,65,66)(H,67,89)(H,68,82)(H,69,90)(H,70,94)(H,71,88)(H,72,93)(H,73,86)(H,74,92)(H,75,87)/b14-13+,16-15+,32-7+,33-8+/t28-,29+,34+,36-,37-,39-,40+,41+,45-,46+,48+,49-,50-,51-,61+/m0/s1. The molecule has 0 radical (unpaired) electrons. The van der Waals surface area contributed by atoms with Crippen LogP contribution in [0.2, 0.25) is 0 Å². The lowest BCUT2D eigenvalue weighted by Crippen LogP contribution is -2.64. The summed E-state index contributed by atoms with van der Waals surface area (Å²) in [7, 11) is 0. The van der Waals surface area contributed by atoms with Gasteiger partial charge in [-0.3, -0.25) is 57.5 Å². The van der Waals surface area contributed by atoms with Gasteiger partial charge in [0.15, 0.2) is 12.4 Å². The molecule has 1 fully saturated rings. The number of aromatic hydroxyl groups is 1. The fourth-order valence-corrected chi connectivity index (χ4v) is 10.1. The number of rotatable bonds is 21. The van der Waals surface area contributed by atoms with Gasteiger partial charge in [0.25, 0.3) is 17.7 Å². The summed E-state index contributed by atoms with van der Waals surface area (Å²) in [5.41, 5.74) is 9.40. The average Bonchev–Trinajstić information content (AvgIpc) is 1.42. The third-order valence-corrected chi connectivity index (χ3v) is 15.4. The van der Waals surface area contributed by atoms with Crippen LogP contribution in [0.3, 0.4) is 0 Å². The largest absolute Gasteiger partial charge is 0.507 e. The average molecular weight is 1350 g/mol. The number of aliphatic hydroxyl groups excluding tert-OH is 6. The fourth-order valence-electron chi connectivity index (χ4n) is 10.1. The van der Waals surface area contributed by atoms with E-state index in [0.29, 0.717) is 6.42 Å². The van der Waals surface area contributed by atoms with Crippen LogP contribution in [0.4, 0.5) is 0 Å². The van der Waals surface area contributed by atoms with Gasteiger partial charge in [0.1, 0.15) is 77.8 Å². The number of phenolic OH excluding ortho intramolecular Hbond substituents is 1. The highest BCUT2D eigenvalue weighted by Gasteiger charge is 2.43. The number of nitrogens with zero attached hydrogens (tertiary/aromatic N) is 1. The van der Waals surface area contributed by atoms with Gasteiger partial charge in [-0.05, 0) is 64.7 Å². The van der Waals surface area contributed by atoms with Gasteiger partial charge < -0.3 is 115 Å². The number of primary amides is 2. The second-order valence-electron chi connectivity index (χ2n) is 23.0. The van der Waals surface area contributed by atoms with Crippen molar-refractivity contribution in [2.45, 2.75) is 190 Å². The van der Waals surface area contributed by atoms with E-state index >= 15 is 0 Å². The molecule has 526 valence electrons. The van der Waals surface area contributed by atoms with Crippen molar-refractivity contribution < 1.29 is 103 Å². The van der Waals surface area contributed by atoms with Crippen LogP contribution in [0.25, 0.3) is 11.3 Å². The number of nitrogens with two attached hydrogens (primary N) is 2. The normalized spacial score (nSPS) is 26.5. The third-order valence-electron chi connectivity index (χ3n) is 15.4. The minimum absolute atomic E-state index is 0.00386. The van der Waals surface area contributed by atoms with E-state index in [1.807, 2.05) is 6.08 Å². The minimum Gasteiger partial charge on any atom is -0.507 e. The lowest BCUT2D eigenvalue weighted by Gasteiger charge is -2.36. The summed E-state index contributed by atoms with van der Waals surface area (Å²) < 4.78 is 11.1. The molecule has 3 aliphatic rings. The van der Waals surface area contributed by atoms with Gasteiger partial charge in [-0.2, -0.15) is 0 Å². The lowest BCUT2D eigenvalue weighted by molar-refractivity contribution is -0.283. The van der Waals surface area contributed by atoms with Gasteiger partial charge >= 0.3 is 0 Å². The molecule has 22 N–H and O–H groups in total. The van der Waals surface area contributed by atoms with Crippen molar-refractivity contribution in [3.8, 4) is 17.0 Å². The van der Waals surface area contributed by atoms with Gasteiger partial charge in [-0.25, -0.2) is 4.98 Å². The van der Waals surface area contributed by atoms with Gasteiger partial charge in [-0.15, -0.1) is 0 Å². The number of benzene rings is 1. The summed E-state index contributed by atoms with van der Waals surface area (Å²) in [5.74, 6) is -15.2. The third kappa shape index (κ3) is 22.3. The Morgan fingerprint density at radius 2 is 1.52 bits per heavy atom. The number of aromatic nitrogens is 2. The zero-order chi connectivity index (χ0) is 71.1. The van der Waals surface area contributed by atoms with Crippen LogP contribution in [-0.4, -0.2) is 221 Å². The van der Waals surface area contributed by atoms with Crippen molar-refractivity contribution in [2.24, 2.45) is 11.5 Å². The fraction of sp³-hybridized carbons (Fsp3) is 0.525. The van der Waals surface area contributed by atoms with E-state index in [9.17, 15) is 93.3 Å². The summed E-state index contributed by atoms with van der Waals surface area (Å²) in [6.45, 7) is 5.22. The highest BCUT2D eigenvalue weighted by Crippen LogP contribution is 2.32. The predicted octanol–water partition coefficient (Wildman–Crippen LogP) is -6.39. The number of carbonyl (C=O) groups is 12. The number of carbonyl (C=O) groups excluding carboxylic acids is 12. The molecule has 0 spiro atoms. The molecule has 4 heterocycles. The van der Waals surface area contributed by atoms with E-state index in [4.69, 9.17) is 20.9 Å². The molecule has 1 saturated heterocycles.